The number of phenolic OH excluding ortho intramolecular Hbond substituents is 1. The second-order valence-corrected chi connectivity index (χ2v) is 5.68. The van der Waals surface area contributed by atoms with E-state index in [0.29, 0.717) is 16.3 Å². The zero-order chi connectivity index (χ0) is 15.1. The van der Waals surface area contributed by atoms with E-state index in [1.807, 2.05) is 6.92 Å². The van der Waals surface area contributed by atoms with E-state index in [0.717, 1.165) is 42.4 Å². The van der Waals surface area contributed by atoms with Gasteiger partial charge in [-0.05, 0) is 55.4 Å². The Bertz CT molecular complexity index is 737. The first-order valence-corrected chi connectivity index (χ1v) is 7.20. The minimum absolute atomic E-state index is 0.0155. The molecule has 0 unspecified atom stereocenters. The van der Waals surface area contributed by atoms with Crippen LogP contribution in [0.15, 0.2) is 6.07 Å². The number of hydrogen-bond donors (Lipinski definition) is 3. The monoisotopic (exact) mass is 306 g/mol. The summed E-state index contributed by atoms with van der Waals surface area (Å²) in [5, 5.41) is 26.2. The normalized spacial score (nSPS) is 14.0. The van der Waals surface area contributed by atoms with Crippen molar-refractivity contribution in [3.8, 4) is 17.0 Å². The summed E-state index contributed by atoms with van der Waals surface area (Å²) in [5.41, 5.74) is 3.99. The van der Waals surface area contributed by atoms with E-state index in [1.165, 1.54) is 6.07 Å². The quantitative estimate of drug-likeness (QED) is 0.794. The van der Waals surface area contributed by atoms with Crippen LogP contribution in [0.1, 0.15) is 40.0 Å². The van der Waals surface area contributed by atoms with Crippen LogP contribution < -0.4 is 0 Å². The van der Waals surface area contributed by atoms with Crippen molar-refractivity contribution in [1.82, 2.24) is 10.2 Å². The number of nitrogens with one attached hydrogen (secondary N) is 1. The van der Waals surface area contributed by atoms with Crippen molar-refractivity contribution in [3.05, 3.63) is 33.5 Å². The van der Waals surface area contributed by atoms with Crippen molar-refractivity contribution >= 4 is 17.6 Å². The molecule has 0 saturated heterocycles. The Morgan fingerprint density at radius 2 is 2.00 bits per heavy atom. The van der Waals surface area contributed by atoms with Gasteiger partial charge in [0.1, 0.15) is 11.4 Å². The molecule has 0 spiro atoms. The lowest BCUT2D eigenvalue weighted by molar-refractivity contribution is 0.0690. The maximum Gasteiger partial charge on any atom is 0.353 e. The third-order valence-electron chi connectivity index (χ3n) is 4.07. The molecule has 1 aromatic carbocycles. The summed E-state index contributed by atoms with van der Waals surface area (Å²) >= 11 is 6.30. The van der Waals surface area contributed by atoms with Gasteiger partial charge in [-0.15, -0.1) is 0 Å². The number of halogens is 1. The first-order valence-electron chi connectivity index (χ1n) is 6.82. The van der Waals surface area contributed by atoms with Crippen molar-refractivity contribution in [3.63, 3.8) is 0 Å². The standard InChI is InChI=1S/C15H15ClN2O3/c1-7-8-4-2-3-5-9(8)13(16)14(19)12(7)10-6-11(15(20)21)18-17-10/h6,19H,2-5H2,1H3,(H,17,18)(H,20,21). The molecule has 6 heteroatoms. The molecule has 0 aliphatic heterocycles. The van der Waals surface area contributed by atoms with Crippen LogP contribution in [0.3, 0.4) is 0 Å². The van der Waals surface area contributed by atoms with Gasteiger partial charge in [0.15, 0.2) is 0 Å². The van der Waals surface area contributed by atoms with Crippen molar-refractivity contribution in [1.29, 1.82) is 0 Å². The second kappa shape index (κ2) is 5.07. The molecule has 3 N–H and O–H groups in total. The van der Waals surface area contributed by atoms with Gasteiger partial charge in [-0.3, -0.25) is 5.10 Å². The molecular formula is C15H15ClN2O3. The van der Waals surface area contributed by atoms with Crippen molar-refractivity contribution < 1.29 is 15.0 Å². The summed E-state index contributed by atoms with van der Waals surface area (Å²) in [7, 11) is 0. The molecule has 0 bridgehead atoms. The molecular weight excluding hydrogens is 292 g/mol. The van der Waals surface area contributed by atoms with Crippen LogP contribution in [-0.4, -0.2) is 26.4 Å². The number of benzene rings is 1. The lowest BCUT2D eigenvalue weighted by atomic mass is 9.85. The lowest BCUT2D eigenvalue weighted by Gasteiger charge is -2.22. The van der Waals surface area contributed by atoms with E-state index >= 15 is 0 Å². The van der Waals surface area contributed by atoms with E-state index in [4.69, 9.17) is 16.7 Å². The van der Waals surface area contributed by atoms with Crippen LogP contribution in [0.25, 0.3) is 11.3 Å². The Balaban J connectivity index is 2.22. The molecule has 0 fully saturated rings. The van der Waals surface area contributed by atoms with Crippen LogP contribution >= 0.6 is 11.6 Å². The Hall–Kier alpha value is -2.01. The Morgan fingerprint density at radius 1 is 1.33 bits per heavy atom. The first-order chi connectivity index (χ1) is 10.0. The topological polar surface area (TPSA) is 86.2 Å². The molecule has 0 saturated carbocycles. The number of H-pyrrole nitrogens is 1. The summed E-state index contributed by atoms with van der Waals surface area (Å²) in [4.78, 5) is 11.0. The van der Waals surface area contributed by atoms with Gasteiger partial charge >= 0.3 is 5.97 Å². The van der Waals surface area contributed by atoms with E-state index < -0.39 is 5.97 Å². The van der Waals surface area contributed by atoms with Crippen LogP contribution in [0.4, 0.5) is 0 Å². The van der Waals surface area contributed by atoms with Crippen molar-refractivity contribution in [2.45, 2.75) is 32.6 Å². The molecule has 21 heavy (non-hydrogen) atoms. The molecule has 110 valence electrons. The minimum atomic E-state index is -1.09. The number of phenols is 1. The summed E-state index contributed by atoms with van der Waals surface area (Å²) in [6.45, 7) is 1.92. The van der Waals surface area contributed by atoms with Gasteiger partial charge in [0.2, 0.25) is 0 Å². The number of rotatable bonds is 2. The number of aromatic nitrogens is 2. The fraction of sp³-hybridized carbons (Fsp3) is 0.333. The van der Waals surface area contributed by atoms with Gasteiger partial charge < -0.3 is 10.2 Å². The van der Waals surface area contributed by atoms with Gasteiger partial charge in [0.25, 0.3) is 0 Å². The highest BCUT2D eigenvalue weighted by Gasteiger charge is 2.24. The number of fused-ring (bicyclic) bond motifs is 1. The highest BCUT2D eigenvalue weighted by atomic mass is 35.5. The highest BCUT2D eigenvalue weighted by molar-refractivity contribution is 6.33. The molecule has 1 aliphatic rings. The van der Waals surface area contributed by atoms with Gasteiger partial charge in [0.05, 0.1) is 10.7 Å². The van der Waals surface area contributed by atoms with Crippen LogP contribution in [0.5, 0.6) is 5.75 Å². The molecule has 1 heterocycles. The second-order valence-electron chi connectivity index (χ2n) is 5.30. The molecule has 1 aromatic heterocycles. The van der Waals surface area contributed by atoms with E-state index in [2.05, 4.69) is 10.2 Å². The van der Waals surface area contributed by atoms with E-state index in [1.54, 1.807) is 0 Å². The molecule has 3 rings (SSSR count). The number of aromatic hydroxyl groups is 1. The number of aromatic amines is 1. The minimum Gasteiger partial charge on any atom is -0.506 e. The summed E-state index contributed by atoms with van der Waals surface area (Å²) in [6.07, 6.45) is 3.94. The van der Waals surface area contributed by atoms with Crippen LogP contribution in [-0.2, 0) is 12.8 Å². The third-order valence-corrected chi connectivity index (χ3v) is 4.48. The average molecular weight is 307 g/mol. The van der Waals surface area contributed by atoms with Gasteiger partial charge in [-0.2, -0.15) is 5.10 Å². The molecule has 0 atom stereocenters. The Kier molecular flexibility index (Phi) is 3.37. The maximum atomic E-state index is 11.0. The van der Waals surface area contributed by atoms with Gasteiger partial charge in [0, 0.05) is 5.56 Å². The van der Waals surface area contributed by atoms with E-state index in [9.17, 15) is 9.90 Å². The molecule has 0 amide bonds. The molecule has 2 aromatic rings. The third kappa shape index (κ3) is 2.17. The lowest BCUT2D eigenvalue weighted by Crippen LogP contribution is -2.07. The summed E-state index contributed by atoms with van der Waals surface area (Å²) in [5.74, 6) is -1.10. The predicted molar refractivity (Wildman–Crippen MR) is 79.0 cm³/mol. The number of hydrogen-bond acceptors (Lipinski definition) is 3. The fourth-order valence-electron chi connectivity index (χ4n) is 3.02. The van der Waals surface area contributed by atoms with Crippen LogP contribution in [0.2, 0.25) is 5.02 Å². The number of carbonyl (C=O) groups is 1. The molecule has 0 radical (unpaired) electrons. The van der Waals surface area contributed by atoms with Crippen LogP contribution in [0, 0.1) is 6.92 Å². The van der Waals surface area contributed by atoms with E-state index in [-0.39, 0.29) is 11.4 Å². The summed E-state index contributed by atoms with van der Waals surface area (Å²) in [6, 6.07) is 1.41. The zero-order valence-corrected chi connectivity index (χ0v) is 12.3. The first kappa shape index (κ1) is 13.9. The number of carboxylic acid groups (broad SMARTS) is 1. The number of carboxylic acids is 1. The maximum absolute atomic E-state index is 11.0. The van der Waals surface area contributed by atoms with Crippen molar-refractivity contribution in [2.75, 3.05) is 0 Å². The van der Waals surface area contributed by atoms with Crippen molar-refractivity contribution in [2.24, 2.45) is 0 Å². The Morgan fingerprint density at radius 3 is 2.62 bits per heavy atom. The van der Waals surface area contributed by atoms with Gasteiger partial charge in [-0.25, -0.2) is 4.79 Å². The van der Waals surface area contributed by atoms with Gasteiger partial charge in [-0.1, -0.05) is 11.6 Å². The zero-order valence-electron chi connectivity index (χ0n) is 11.5. The summed E-state index contributed by atoms with van der Waals surface area (Å²) < 4.78 is 0. The fourth-order valence-corrected chi connectivity index (χ4v) is 3.32. The number of nitrogens with zero attached hydrogens (tertiary/aromatic N) is 1. The number of aromatic carboxylic acids is 1. The SMILES string of the molecule is Cc1c2c(c(Cl)c(O)c1-c1cc(C(=O)O)[nH]n1)CCCC2. The molecule has 5 nitrogen and oxygen atoms in total. The average Bonchev–Trinajstić information content (AvgIpc) is 2.95. The largest absolute Gasteiger partial charge is 0.506 e. The predicted octanol–water partition coefficient (Wildman–Crippen LogP) is 3.32. The highest BCUT2D eigenvalue weighted by Crippen LogP contribution is 2.44. The smallest absolute Gasteiger partial charge is 0.353 e. The molecule has 1 aliphatic carbocycles. The Labute approximate surface area is 126 Å².